The van der Waals surface area contributed by atoms with Gasteiger partial charge < -0.3 is 9.30 Å². The van der Waals surface area contributed by atoms with Gasteiger partial charge in [-0.15, -0.1) is 0 Å². The van der Waals surface area contributed by atoms with E-state index in [0.717, 1.165) is 27.9 Å². The standard InChI is InChI=1S/C26H19ClN4O/c27-24-3-1-2-22(11-24)26-10-21(13-29)8-9-23(26)16-32-17-25-14-30-18-31(25)15-20-6-4-19(12-28)5-7-20/h1-11,14,18H,15-17H2. The minimum absolute atomic E-state index is 0.385. The zero-order chi connectivity index (χ0) is 22.3. The first kappa shape index (κ1) is 21.3. The van der Waals surface area contributed by atoms with Crippen molar-refractivity contribution in [2.45, 2.75) is 19.8 Å². The van der Waals surface area contributed by atoms with E-state index in [1.54, 1.807) is 18.6 Å². The topological polar surface area (TPSA) is 74.6 Å². The molecule has 6 heteroatoms. The number of nitriles is 2. The second-order valence-electron chi connectivity index (χ2n) is 7.31. The summed E-state index contributed by atoms with van der Waals surface area (Å²) >= 11 is 6.17. The maximum absolute atomic E-state index is 9.30. The minimum atomic E-state index is 0.385. The molecule has 0 aliphatic carbocycles. The first-order valence-corrected chi connectivity index (χ1v) is 10.4. The highest BCUT2D eigenvalue weighted by Crippen LogP contribution is 2.28. The van der Waals surface area contributed by atoms with Crippen LogP contribution in [0.15, 0.2) is 79.3 Å². The fraction of sp³-hybridized carbons (Fsp3) is 0.115. The van der Waals surface area contributed by atoms with Crippen LogP contribution in [0.25, 0.3) is 11.1 Å². The predicted octanol–water partition coefficient (Wildman–Crippen LogP) is 5.71. The molecule has 0 aliphatic rings. The molecule has 0 atom stereocenters. The van der Waals surface area contributed by atoms with E-state index in [0.29, 0.717) is 35.9 Å². The quantitative estimate of drug-likeness (QED) is 0.370. The highest BCUT2D eigenvalue weighted by molar-refractivity contribution is 6.30. The van der Waals surface area contributed by atoms with Gasteiger partial charge in [-0.1, -0.05) is 41.9 Å². The molecule has 156 valence electrons. The van der Waals surface area contributed by atoms with Crippen LogP contribution in [-0.2, 0) is 24.5 Å². The lowest BCUT2D eigenvalue weighted by Crippen LogP contribution is -2.05. The average Bonchev–Trinajstić information content (AvgIpc) is 3.26. The number of hydrogen-bond acceptors (Lipinski definition) is 4. The van der Waals surface area contributed by atoms with Gasteiger partial charge in [0.25, 0.3) is 0 Å². The molecule has 0 radical (unpaired) electrons. The van der Waals surface area contributed by atoms with Gasteiger partial charge in [0.2, 0.25) is 0 Å². The van der Waals surface area contributed by atoms with Gasteiger partial charge in [0.15, 0.2) is 0 Å². The Morgan fingerprint density at radius 3 is 2.44 bits per heavy atom. The maximum atomic E-state index is 9.30. The molecule has 0 aliphatic heterocycles. The lowest BCUT2D eigenvalue weighted by Gasteiger charge is -2.13. The van der Waals surface area contributed by atoms with Crippen molar-refractivity contribution in [3.8, 4) is 23.3 Å². The van der Waals surface area contributed by atoms with Crippen molar-refractivity contribution >= 4 is 11.6 Å². The molecule has 0 amide bonds. The van der Waals surface area contributed by atoms with Gasteiger partial charge in [0.1, 0.15) is 0 Å². The van der Waals surface area contributed by atoms with Crippen molar-refractivity contribution < 1.29 is 4.74 Å². The van der Waals surface area contributed by atoms with Gasteiger partial charge >= 0.3 is 0 Å². The fourth-order valence-corrected chi connectivity index (χ4v) is 3.64. The third kappa shape index (κ3) is 5.04. The fourth-order valence-electron chi connectivity index (χ4n) is 3.45. The molecule has 0 saturated carbocycles. The molecule has 1 aromatic heterocycles. The van der Waals surface area contributed by atoms with E-state index in [1.165, 1.54) is 0 Å². The van der Waals surface area contributed by atoms with E-state index in [9.17, 15) is 5.26 Å². The molecule has 32 heavy (non-hydrogen) atoms. The van der Waals surface area contributed by atoms with Crippen LogP contribution in [0, 0.1) is 22.7 Å². The lowest BCUT2D eigenvalue weighted by molar-refractivity contribution is 0.103. The van der Waals surface area contributed by atoms with Crippen LogP contribution in [-0.4, -0.2) is 9.55 Å². The molecule has 1 heterocycles. The van der Waals surface area contributed by atoms with Gasteiger partial charge in [-0.05, 0) is 58.7 Å². The predicted molar refractivity (Wildman–Crippen MR) is 123 cm³/mol. The van der Waals surface area contributed by atoms with Crippen LogP contribution in [0.1, 0.15) is 27.9 Å². The van der Waals surface area contributed by atoms with E-state index < -0.39 is 0 Å². The van der Waals surface area contributed by atoms with Crippen LogP contribution < -0.4 is 0 Å². The highest BCUT2D eigenvalue weighted by Gasteiger charge is 2.09. The molecule has 0 spiro atoms. The minimum Gasteiger partial charge on any atom is -0.370 e. The van der Waals surface area contributed by atoms with Crippen molar-refractivity contribution in [3.05, 3.63) is 112 Å². The molecule has 0 saturated heterocycles. The first-order valence-electron chi connectivity index (χ1n) is 10.0. The molecule has 4 rings (SSSR count). The van der Waals surface area contributed by atoms with Crippen molar-refractivity contribution in [2.75, 3.05) is 0 Å². The van der Waals surface area contributed by atoms with E-state index >= 15 is 0 Å². The number of nitrogens with zero attached hydrogens (tertiary/aromatic N) is 4. The summed E-state index contributed by atoms with van der Waals surface area (Å²) in [5.41, 5.74) is 6.11. The van der Waals surface area contributed by atoms with Gasteiger partial charge in [0, 0.05) is 11.6 Å². The molecule has 5 nitrogen and oxygen atoms in total. The normalized spacial score (nSPS) is 10.5. The second-order valence-corrected chi connectivity index (χ2v) is 7.74. The molecule has 0 N–H and O–H groups in total. The van der Waals surface area contributed by atoms with Crippen molar-refractivity contribution in [1.82, 2.24) is 9.55 Å². The number of halogens is 1. The number of rotatable bonds is 7. The highest BCUT2D eigenvalue weighted by atomic mass is 35.5. The number of aromatic nitrogens is 2. The first-order chi connectivity index (χ1) is 15.7. The number of hydrogen-bond donors (Lipinski definition) is 0. The van der Waals surface area contributed by atoms with Crippen LogP contribution in [0.5, 0.6) is 0 Å². The largest absolute Gasteiger partial charge is 0.370 e. The summed E-state index contributed by atoms with van der Waals surface area (Å²) in [4.78, 5) is 4.26. The molecular formula is C26H19ClN4O. The molecule has 0 unspecified atom stereocenters. The Balaban J connectivity index is 1.47. The Kier molecular flexibility index (Phi) is 6.63. The Labute approximate surface area is 191 Å². The SMILES string of the molecule is N#Cc1ccc(Cn2cncc2COCc2ccc(C#N)cc2-c2cccc(Cl)c2)cc1. The van der Waals surface area contributed by atoms with E-state index in [-0.39, 0.29) is 0 Å². The third-order valence-corrected chi connectivity index (χ3v) is 5.35. The summed E-state index contributed by atoms with van der Waals surface area (Å²) in [6, 6.07) is 25.0. The molecule has 0 fully saturated rings. The third-order valence-electron chi connectivity index (χ3n) is 5.12. The number of benzene rings is 3. The van der Waals surface area contributed by atoms with Gasteiger partial charge in [0.05, 0.1) is 54.7 Å². The zero-order valence-electron chi connectivity index (χ0n) is 17.2. The van der Waals surface area contributed by atoms with E-state index in [2.05, 4.69) is 17.1 Å². The summed E-state index contributed by atoms with van der Waals surface area (Å²) in [6.45, 7) is 1.43. The van der Waals surface area contributed by atoms with Crippen molar-refractivity contribution in [1.29, 1.82) is 10.5 Å². The van der Waals surface area contributed by atoms with E-state index in [4.69, 9.17) is 21.6 Å². The summed E-state index contributed by atoms with van der Waals surface area (Å²) in [6.07, 6.45) is 3.57. The van der Waals surface area contributed by atoms with Crippen LogP contribution >= 0.6 is 11.6 Å². The van der Waals surface area contributed by atoms with Gasteiger partial charge in [-0.25, -0.2) is 4.98 Å². The number of ether oxygens (including phenoxy) is 1. The van der Waals surface area contributed by atoms with Gasteiger partial charge in [-0.2, -0.15) is 10.5 Å². The molecule has 4 aromatic rings. The Morgan fingerprint density at radius 2 is 1.69 bits per heavy atom. The average molecular weight is 439 g/mol. The summed E-state index contributed by atoms with van der Waals surface area (Å²) in [7, 11) is 0. The van der Waals surface area contributed by atoms with E-state index in [1.807, 2.05) is 65.2 Å². The smallest absolute Gasteiger partial charge is 0.0991 e. The summed E-state index contributed by atoms with van der Waals surface area (Å²) in [5, 5.41) is 18.9. The maximum Gasteiger partial charge on any atom is 0.0991 e. The monoisotopic (exact) mass is 438 g/mol. The summed E-state index contributed by atoms with van der Waals surface area (Å²) < 4.78 is 8.05. The Hall–Kier alpha value is -3.90. The zero-order valence-corrected chi connectivity index (χ0v) is 18.0. The Morgan fingerprint density at radius 1 is 0.906 bits per heavy atom. The molecule has 3 aromatic carbocycles. The van der Waals surface area contributed by atoms with Crippen LogP contribution in [0.3, 0.4) is 0 Å². The van der Waals surface area contributed by atoms with Crippen LogP contribution in [0.4, 0.5) is 0 Å². The van der Waals surface area contributed by atoms with Crippen LogP contribution in [0.2, 0.25) is 5.02 Å². The Bertz CT molecular complexity index is 1310. The second kappa shape index (κ2) is 9.94. The van der Waals surface area contributed by atoms with Gasteiger partial charge in [-0.3, -0.25) is 0 Å². The summed E-state index contributed by atoms with van der Waals surface area (Å²) in [5.74, 6) is 0. The number of imidazole rings is 1. The molecular weight excluding hydrogens is 420 g/mol. The van der Waals surface area contributed by atoms with Crippen molar-refractivity contribution in [2.24, 2.45) is 0 Å². The molecule has 0 bridgehead atoms. The lowest BCUT2D eigenvalue weighted by atomic mass is 9.98. The van der Waals surface area contributed by atoms with Crippen molar-refractivity contribution in [3.63, 3.8) is 0 Å².